The van der Waals surface area contributed by atoms with Crippen LogP contribution in [0.2, 0.25) is 0 Å². The van der Waals surface area contributed by atoms with Crippen LogP contribution in [0, 0.1) is 6.92 Å². The lowest BCUT2D eigenvalue weighted by Crippen LogP contribution is -2.09. The highest BCUT2D eigenvalue weighted by Crippen LogP contribution is 2.24. The van der Waals surface area contributed by atoms with Crippen LogP contribution < -0.4 is 15.5 Å². The molecule has 4 aromatic rings. The highest BCUT2D eigenvalue weighted by atomic mass is 16.1. The zero-order chi connectivity index (χ0) is 23.9. The van der Waals surface area contributed by atoms with Gasteiger partial charge in [0.2, 0.25) is 11.9 Å². The number of aryl methyl sites for hydroxylation is 1. The van der Waals surface area contributed by atoms with Crippen molar-refractivity contribution in [2.45, 2.75) is 6.92 Å². The van der Waals surface area contributed by atoms with Crippen molar-refractivity contribution < 1.29 is 4.79 Å². The van der Waals surface area contributed by atoms with Gasteiger partial charge in [0.25, 0.3) is 0 Å². The SMILES string of the molecule is Cc1ccc(NC(=O)/C=C/c2ccc(N(C)C)cc2)cc1Nc1nccc(-c2cccnc2)n1. The smallest absolute Gasteiger partial charge is 0.248 e. The molecule has 0 aliphatic heterocycles. The molecule has 2 aromatic carbocycles. The van der Waals surface area contributed by atoms with E-state index in [9.17, 15) is 4.79 Å². The van der Waals surface area contributed by atoms with Gasteiger partial charge >= 0.3 is 0 Å². The van der Waals surface area contributed by atoms with Gasteiger partial charge < -0.3 is 15.5 Å². The summed E-state index contributed by atoms with van der Waals surface area (Å²) < 4.78 is 0. The summed E-state index contributed by atoms with van der Waals surface area (Å²) in [4.78, 5) is 27.5. The van der Waals surface area contributed by atoms with Crippen molar-refractivity contribution in [3.8, 4) is 11.3 Å². The molecule has 0 bridgehead atoms. The Morgan fingerprint density at radius 1 is 1.00 bits per heavy atom. The summed E-state index contributed by atoms with van der Waals surface area (Å²) in [6.07, 6.45) is 8.51. The van der Waals surface area contributed by atoms with Crippen LogP contribution in [0.5, 0.6) is 0 Å². The Kier molecular flexibility index (Phi) is 6.93. The number of nitrogens with zero attached hydrogens (tertiary/aromatic N) is 4. The minimum absolute atomic E-state index is 0.207. The summed E-state index contributed by atoms with van der Waals surface area (Å²) in [6.45, 7) is 1.98. The minimum atomic E-state index is -0.207. The van der Waals surface area contributed by atoms with Crippen molar-refractivity contribution in [3.63, 3.8) is 0 Å². The monoisotopic (exact) mass is 450 g/mol. The fourth-order valence-electron chi connectivity index (χ4n) is 3.29. The highest BCUT2D eigenvalue weighted by Gasteiger charge is 2.07. The Hall–Kier alpha value is -4.52. The standard InChI is InChI=1S/C27H26N6O/c1-19-6-10-22(30-26(34)13-9-20-7-11-23(12-8-20)33(2)3)17-25(19)32-27-29-16-14-24(31-27)21-5-4-15-28-18-21/h4-18H,1-3H3,(H,30,34)(H,29,31,32)/b13-9+. The molecule has 1 amide bonds. The van der Waals surface area contributed by atoms with Crippen molar-refractivity contribution >= 4 is 35.0 Å². The third kappa shape index (κ3) is 5.83. The number of rotatable bonds is 7. The van der Waals surface area contributed by atoms with Gasteiger partial charge in [0.1, 0.15) is 0 Å². The first-order valence-electron chi connectivity index (χ1n) is 10.9. The summed E-state index contributed by atoms with van der Waals surface area (Å²) in [5.74, 6) is 0.260. The first kappa shape index (κ1) is 22.7. The lowest BCUT2D eigenvalue weighted by Gasteiger charge is -2.12. The Morgan fingerprint density at radius 3 is 2.56 bits per heavy atom. The van der Waals surface area contributed by atoms with E-state index in [1.165, 1.54) is 6.08 Å². The van der Waals surface area contributed by atoms with E-state index in [0.29, 0.717) is 11.6 Å². The number of benzene rings is 2. The first-order chi connectivity index (χ1) is 16.5. The van der Waals surface area contributed by atoms with E-state index in [2.05, 4.69) is 25.6 Å². The molecule has 2 aromatic heterocycles. The number of hydrogen-bond acceptors (Lipinski definition) is 6. The number of aromatic nitrogens is 3. The number of pyridine rings is 1. The second-order valence-electron chi connectivity index (χ2n) is 7.97. The van der Waals surface area contributed by atoms with Crippen LogP contribution in [-0.2, 0) is 4.79 Å². The molecular weight excluding hydrogens is 424 g/mol. The molecule has 0 unspecified atom stereocenters. The van der Waals surface area contributed by atoms with Crippen molar-refractivity contribution in [1.29, 1.82) is 0 Å². The summed E-state index contributed by atoms with van der Waals surface area (Å²) >= 11 is 0. The first-order valence-corrected chi connectivity index (χ1v) is 10.9. The highest BCUT2D eigenvalue weighted by molar-refractivity contribution is 6.02. The maximum Gasteiger partial charge on any atom is 0.248 e. The van der Waals surface area contributed by atoms with Crippen LogP contribution in [0.4, 0.5) is 23.0 Å². The van der Waals surface area contributed by atoms with E-state index in [-0.39, 0.29) is 5.91 Å². The second kappa shape index (κ2) is 10.4. The number of anilines is 4. The van der Waals surface area contributed by atoms with Crippen LogP contribution in [0.3, 0.4) is 0 Å². The zero-order valence-electron chi connectivity index (χ0n) is 19.4. The molecular formula is C27H26N6O. The number of nitrogens with one attached hydrogen (secondary N) is 2. The molecule has 0 atom stereocenters. The van der Waals surface area contributed by atoms with E-state index in [4.69, 9.17) is 0 Å². The largest absolute Gasteiger partial charge is 0.378 e. The van der Waals surface area contributed by atoms with Gasteiger partial charge in [-0.05, 0) is 66.6 Å². The Bertz CT molecular complexity index is 1300. The topological polar surface area (TPSA) is 83.0 Å². The molecule has 0 spiro atoms. The Morgan fingerprint density at radius 2 is 1.82 bits per heavy atom. The molecule has 0 fully saturated rings. The molecule has 170 valence electrons. The summed E-state index contributed by atoms with van der Waals surface area (Å²) in [7, 11) is 3.99. The third-order valence-corrected chi connectivity index (χ3v) is 5.20. The number of carbonyl (C=O) groups is 1. The average Bonchev–Trinajstić information content (AvgIpc) is 2.86. The Balaban J connectivity index is 1.44. The fraction of sp³-hybridized carbons (Fsp3) is 0.111. The lowest BCUT2D eigenvalue weighted by atomic mass is 10.1. The van der Waals surface area contributed by atoms with Crippen molar-refractivity contribution in [2.75, 3.05) is 29.6 Å². The molecule has 0 saturated carbocycles. The van der Waals surface area contributed by atoms with Crippen LogP contribution in [0.25, 0.3) is 17.3 Å². The average molecular weight is 451 g/mol. The summed E-state index contributed by atoms with van der Waals surface area (Å²) in [5, 5.41) is 6.16. The predicted octanol–water partition coefficient (Wildman–Crippen LogP) is 5.31. The van der Waals surface area contributed by atoms with Crippen molar-refractivity contribution in [2.24, 2.45) is 0 Å². The normalized spacial score (nSPS) is 10.8. The van der Waals surface area contributed by atoms with Gasteiger partial charge in [-0.3, -0.25) is 9.78 Å². The second-order valence-corrected chi connectivity index (χ2v) is 7.97. The maximum absolute atomic E-state index is 12.5. The molecule has 7 nitrogen and oxygen atoms in total. The van der Waals surface area contributed by atoms with Crippen LogP contribution >= 0.6 is 0 Å². The van der Waals surface area contributed by atoms with Crippen LogP contribution in [0.1, 0.15) is 11.1 Å². The molecule has 2 N–H and O–H groups in total. The van der Waals surface area contributed by atoms with Crippen LogP contribution in [0.15, 0.2) is 85.3 Å². The van der Waals surface area contributed by atoms with Crippen molar-refractivity contribution in [1.82, 2.24) is 15.0 Å². The van der Waals surface area contributed by atoms with Gasteiger partial charge in [-0.2, -0.15) is 0 Å². The van der Waals surface area contributed by atoms with Crippen molar-refractivity contribution in [3.05, 3.63) is 96.5 Å². The van der Waals surface area contributed by atoms with Gasteiger partial charge in [-0.15, -0.1) is 0 Å². The molecule has 0 radical (unpaired) electrons. The fourth-order valence-corrected chi connectivity index (χ4v) is 3.29. The van der Waals surface area contributed by atoms with Gasteiger partial charge in [0, 0.05) is 61.4 Å². The third-order valence-electron chi connectivity index (χ3n) is 5.20. The van der Waals surface area contributed by atoms with Crippen LogP contribution in [-0.4, -0.2) is 35.0 Å². The Labute approximate surface area is 199 Å². The van der Waals surface area contributed by atoms with Gasteiger partial charge in [-0.25, -0.2) is 9.97 Å². The van der Waals surface area contributed by atoms with Gasteiger partial charge in [-0.1, -0.05) is 18.2 Å². The molecule has 0 aliphatic carbocycles. The molecule has 0 saturated heterocycles. The molecule has 34 heavy (non-hydrogen) atoms. The van der Waals surface area contributed by atoms with E-state index in [0.717, 1.165) is 33.8 Å². The molecule has 4 rings (SSSR count). The summed E-state index contributed by atoms with van der Waals surface area (Å²) in [6, 6.07) is 19.3. The van der Waals surface area contributed by atoms with Gasteiger partial charge in [0.15, 0.2) is 0 Å². The minimum Gasteiger partial charge on any atom is -0.378 e. The van der Waals surface area contributed by atoms with E-state index in [1.807, 2.05) is 86.6 Å². The number of hydrogen-bond donors (Lipinski definition) is 2. The molecule has 7 heteroatoms. The lowest BCUT2D eigenvalue weighted by molar-refractivity contribution is -0.111. The maximum atomic E-state index is 12.5. The van der Waals surface area contributed by atoms with E-state index in [1.54, 1.807) is 24.7 Å². The quantitative estimate of drug-likeness (QED) is 0.371. The van der Waals surface area contributed by atoms with Gasteiger partial charge in [0.05, 0.1) is 5.69 Å². The number of carbonyl (C=O) groups excluding carboxylic acids is 1. The molecule has 2 heterocycles. The van der Waals surface area contributed by atoms with E-state index < -0.39 is 0 Å². The number of amides is 1. The zero-order valence-corrected chi connectivity index (χ0v) is 19.4. The van der Waals surface area contributed by atoms with E-state index >= 15 is 0 Å². The molecule has 0 aliphatic rings. The summed E-state index contributed by atoms with van der Waals surface area (Å²) in [5.41, 5.74) is 6.24. The predicted molar refractivity (Wildman–Crippen MR) is 138 cm³/mol.